The highest BCUT2D eigenvalue weighted by molar-refractivity contribution is 9.10. The van der Waals surface area contributed by atoms with Crippen molar-refractivity contribution >= 4 is 15.9 Å². The summed E-state index contributed by atoms with van der Waals surface area (Å²) in [6.45, 7) is 8.19. The Hall–Kier alpha value is -1.04. The summed E-state index contributed by atoms with van der Waals surface area (Å²) in [6, 6.07) is 8.33. The molecule has 0 fully saturated rings. The topological polar surface area (TPSA) is 3.24 Å². The molecule has 0 amide bonds. The van der Waals surface area contributed by atoms with Gasteiger partial charge >= 0.3 is 0 Å². The number of allylic oxidation sites excluding steroid dienone is 1. The van der Waals surface area contributed by atoms with Gasteiger partial charge in [-0.05, 0) is 45.5 Å². The van der Waals surface area contributed by atoms with Gasteiger partial charge in [0.2, 0.25) is 0 Å². The van der Waals surface area contributed by atoms with Gasteiger partial charge in [0.25, 0.3) is 0 Å². The first-order valence-corrected chi connectivity index (χ1v) is 7.27. The predicted octanol–water partition coefficient (Wildman–Crippen LogP) is 4.49. The third kappa shape index (κ3) is 7.20. The van der Waals surface area contributed by atoms with Gasteiger partial charge in [-0.2, -0.15) is 0 Å². The highest BCUT2D eigenvalue weighted by Gasteiger charge is 2.03. The Labute approximate surface area is 125 Å². The summed E-state index contributed by atoms with van der Waals surface area (Å²) in [6.07, 6.45) is 4.05. The van der Waals surface area contributed by atoms with Crippen molar-refractivity contribution in [2.45, 2.75) is 27.3 Å². The number of hydrogen-bond donors (Lipinski definition) is 0. The molecule has 0 unspecified atom stereocenters. The van der Waals surface area contributed by atoms with Crippen LogP contribution in [-0.4, -0.2) is 18.5 Å². The van der Waals surface area contributed by atoms with Crippen LogP contribution >= 0.6 is 15.9 Å². The molecule has 0 spiro atoms. The van der Waals surface area contributed by atoms with E-state index in [4.69, 9.17) is 0 Å². The summed E-state index contributed by atoms with van der Waals surface area (Å²) >= 11 is 3.57. The Morgan fingerprint density at radius 2 is 1.95 bits per heavy atom. The monoisotopic (exact) mass is 319 g/mol. The van der Waals surface area contributed by atoms with Crippen LogP contribution in [0.2, 0.25) is 0 Å². The maximum absolute atomic E-state index is 3.57. The fourth-order valence-electron chi connectivity index (χ4n) is 1.53. The third-order valence-electron chi connectivity index (χ3n) is 2.46. The zero-order chi connectivity index (χ0) is 14.3. The molecule has 1 nitrogen and oxygen atoms in total. The van der Waals surface area contributed by atoms with Gasteiger partial charge in [-0.25, -0.2) is 0 Å². The number of nitrogens with zero attached hydrogens (tertiary/aromatic N) is 1. The average Bonchev–Trinajstić information content (AvgIpc) is 2.30. The Morgan fingerprint density at radius 1 is 1.26 bits per heavy atom. The molecule has 0 aliphatic carbocycles. The number of rotatable bonds is 4. The molecule has 0 N–H and O–H groups in total. The molecule has 0 heterocycles. The lowest BCUT2D eigenvalue weighted by Gasteiger charge is -2.15. The van der Waals surface area contributed by atoms with Gasteiger partial charge in [-0.15, -0.1) is 0 Å². The molecule has 0 aromatic heterocycles. The van der Waals surface area contributed by atoms with Crippen molar-refractivity contribution in [1.29, 1.82) is 0 Å². The third-order valence-corrected chi connectivity index (χ3v) is 3.24. The van der Waals surface area contributed by atoms with Crippen molar-refractivity contribution in [3.8, 4) is 11.8 Å². The summed E-state index contributed by atoms with van der Waals surface area (Å²) in [5.41, 5.74) is 1.38. The largest absolute Gasteiger partial charge is 0.298 e. The van der Waals surface area contributed by atoms with Crippen LogP contribution in [0.5, 0.6) is 0 Å². The summed E-state index contributed by atoms with van der Waals surface area (Å²) in [7, 11) is 2.11. The van der Waals surface area contributed by atoms with Crippen LogP contribution in [0.25, 0.3) is 0 Å². The van der Waals surface area contributed by atoms with Gasteiger partial charge in [0.1, 0.15) is 0 Å². The van der Waals surface area contributed by atoms with Gasteiger partial charge in [0.15, 0.2) is 0 Å². The van der Waals surface area contributed by atoms with E-state index in [1.807, 2.05) is 12.1 Å². The highest BCUT2D eigenvalue weighted by atomic mass is 79.9. The standard InChI is InChI=1S/C17H22BrN/c1-17(2,3)12-8-5-9-13-19(4)14-15-10-6-7-11-16(15)18/h5-7,9-11H,13-14H2,1-4H3/b9-5+. The number of hydrogen-bond acceptors (Lipinski definition) is 1. The summed E-state index contributed by atoms with van der Waals surface area (Å²) in [5, 5.41) is 0. The van der Waals surface area contributed by atoms with E-state index < -0.39 is 0 Å². The molecule has 0 radical (unpaired) electrons. The molecule has 1 rings (SSSR count). The van der Waals surface area contributed by atoms with Crippen LogP contribution in [-0.2, 0) is 6.54 Å². The van der Waals surface area contributed by atoms with E-state index in [0.29, 0.717) is 0 Å². The first-order valence-electron chi connectivity index (χ1n) is 6.48. The molecule has 102 valence electrons. The van der Waals surface area contributed by atoms with E-state index in [1.54, 1.807) is 0 Å². The van der Waals surface area contributed by atoms with Crippen LogP contribution in [0.15, 0.2) is 40.9 Å². The van der Waals surface area contributed by atoms with Crippen molar-refractivity contribution in [2.24, 2.45) is 5.41 Å². The fraction of sp³-hybridized carbons (Fsp3) is 0.412. The SMILES string of the molecule is CN(C/C=C/C#CC(C)(C)C)Cc1ccccc1Br. The van der Waals surface area contributed by atoms with Gasteiger partial charge in [0.05, 0.1) is 0 Å². The molecular weight excluding hydrogens is 298 g/mol. The molecular formula is C17H22BrN. The van der Waals surface area contributed by atoms with Crippen LogP contribution in [0, 0.1) is 17.3 Å². The highest BCUT2D eigenvalue weighted by Crippen LogP contribution is 2.17. The van der Waals surface area contributed by atoms with Crippen LogP contribution in [0.4, 0.5) is 0 Å². The first-order chi connectivity index (χ1) is 8.88. The van der Waals surface area contributed by atoms with E-state index in [2.05, 4.69) is 84.8 Å². The molecule has 1 aromatic rings. The fourth-order valence-corrected chi connectivity index (χ4v) is 1.94. The van der Waals surface area contributed by atoms with E-state index >= 15 is 0 Å². The minimum absolute atomic E-state index is 0.0745. The Bertz CT molecular complexity index is 486. The zero-order valence-electron chi connectivity index (χ0n) is 12.2. The van der Waals surface area contributed by atoms with Gasteiger partial charge in [-0.3, -0.25) is 4.90 Å². The lowest BCUT2D eigenvalue weighted by molar-refractivity contribution is 0.363. The zero-order valence-corrected chi connectivity index (χ0v) is 13.8. The molecule has 0 bridgehead atoms. The van der Waals surface area contributed by atoms with Crippen LogP contribution in [0.1, 0.15) is 26.3 Å². The van der Waals surface area contributed by atoms with E-state index in [0.717, 1.165) is 13.1 Å². The summed E-state index contributed by atoms with van der Waals surface area (Å²) < 4.78 is 1.17. The van der Waals surface area contributed by atoms with Crippen molar-refractivity contribution in [2.75, 3.05) is 13.6 Å². The van der Waals surface area contributed by atoms with Crippen molar-refractivity contribution in [3.63, 3.8) is 0 Å². The van der Waals surface area contributed by atoms with E-state index in [1.165, 1.54) is 10.0 Å². The average molecular weight is 320 g/mol. The van der Waals surface area contributed by atoms with Crippen LogP contribution in [0.3, 0.4) is 0 Å². The minimum atomic E-state index is 0.0745. The first kappa shape index (κ1) is 16.0. The number of benzene rings is 1. The lowest BCUT2D eigenvalue weighted by Crippen LogP contribution is -2.17. The van der Waals surface area contributed by atoms with Crippen molar-refractivity contribution < 1.29 is 0 Å². The molecule has 0 saturated carbocycles. The van der Waals surface area contributed by atoms with Gasteiger partial charge < -0.3 is 0 Å². The molecule has 1 aromatic carbocycles. The summed E-state index contributed by atoms with van der Waals surface area (Å²) in [5.74, 6) is 6.28. The quantitative estimate of drug-likeness (QED) is 0.739. The second-order valence-corrected chi connectivity index (χ2v) is 6.56. The molecule has 2 heteroatoms. The second-order valence-electron chi connectivity index (χ2n) is 5.71. The molecule has 0 aliphatic rings. The maximum Gasteiger partial charge on any atom is 0.0245 e. The van der Waals surface area contributed by atoms with Gasteiger partial charge in [-0.1, -0.05) is 52.0 Å². The lowest BCUT2D eigenvalue weighted by atomic mass is 9.98. The number of halogens is 1. The van der Waals surface area contributed by atoms with E-state index in [-0.39, 0.29) is 5.41 Å². The summed E-state index contributed by atoms with van der Waals surface area (Å²) in [4.78, 5) is 2.26. The second kappa shape index (κ2) is 7.53. The smallest absolute Gasteiger partial charge is 0.0245 e. The minimum Gasteiger partial charge on any atom is -0.298 e. The van der Waals surface area contributed by atoms with Crippen LogP contribution < -0.4 is 0 Å². The Balaban J connectivity index is 2.44. The Kier molecular flexibility index (Phi) is 6.34. The predicted molar refractivity (Wildman–Crippen MR) is 86.8 cm³/mol. The molecule has 19 heavy (non-hydrogen) atoms. The number of likely N-dealkylation sites (N-methyl/N-ethyl adjacent to an activating group) is 1. The van der Waals surface area contributed by atoms with E-state index in [9.17, 15) is 0 Å². The normalized spacial score (nSPS) is 11.7. The van der Waals surface area contributed by atoms with Crippen molar-refractivity contribution in [3.05, 3.63) is 46.5 Å². The molecule has 0 aliphatic heterocycles. The van der Waals surface area contributed by atoms with Crippen molar-refractivity contribution in [1.82, 2.24) is 4.90 Å². The maximum atomic E-state index is 3.57. The Morgan fingerprint density at radius 3 is 2.58 bits per heavy atom. The molecule has 0 saturated heterocycles. The van der Waals surface area contributed by atoms with Gasteiger partial charge in [0, 0.05) is 23.0 Å². The molecule has 0 atom stereocenters.